The fourth-order valence-electron chi connectivity index (χ4n) is 2.80. The second-order valence-corrected chi connectivity index (χ2v) is 5.53. The lowest BCUT2D eigenvalue weighted by atomic mass is 9.86. The normalized spacial score (nSPS) is 39.4. The summed E-state index contributed by atoms with van der Waals surface area (Å²) in [6.45, 7) is 5.21. The Morgan fingerprint density at radius 1 is 1.47 bits per heavy atom. The molecule has 106 valence electrons. The quantitative estimate of drug-likeness (QED) is 0.437. The van der Waals surface area contributed by atoms with Crippen molar-refractivity contribution >= 4 is 5.97 Å². The van der Waals surface area contributed by atoms with Crippen molar-refractivity contribution in [2.24, 2.45) is 0 Å². The van der Waals surface area contributed by atoms with E-state index >= 15 is 0 Å². The molecule has 1 N–H and O–H groups in total. The number of fused-ring (bicyclic) bond motifs is 3. The van der Waals surface area contributed by atoms with Crippen LogP contribution in [0.4, 0.5) is 0 Å². The number of ether oxygens (including phenoxy) is 4. The molecular weight excluding hydrogens is 252 g/mol. The molecule has 0 radical (unpaired) electrons. The molecular formula is C13H18O6. The lowest BCUT2D eigenvalue weighted by Gasteiger charge is -2.40. The summed E-state index contributed by atoms with van der Waals surface area (Å²) in [6.07, 6.45) is -1.07. The van der Waals surface area contributed by atoms with Gasteiger partial charge in [0.2, 0.25) is 0 Å². The summed E-state index contributed by atoms with van der Waals surface area (Å²) in [7, 11) is 0. The topological polar surface area (TPSA) is 77.5 Å². The van der Waals surface area contributed by atoms with Crippen LogP contribution in [0, 0.1) is 0 Å². The molecule has 19 heavy (non-hydrogen) atoms. The molecule has 2 heterocycles. The van der Waals surface area contributed by atoms with Crippen LogP contribution in [0.3, 0.4) is 0 Å². The Balaban J connectivity index is 1.92. The monoisotopic (exact) mass is 270 g/mol. The summed E-state index contributed by atoms with van der Waals surface area (Å²) in [5.41, 5.74) is 1.49. The largest absolute Gasteiger partial charge is 0.455 e. The molecule has 0 aromatic heterocycles. The average Bonchev–Trinajstić information content (AvgIpc) is 3.09. The Hall–Kier alpha value is -0.950. The van der Waals surface area contributed by atoms with Crippen LogP contribution in [0.1, 0.15) is 20.8 Å². The number of carbonyl (C=O) groups excluding carboxylic acids is 1. The van der Waals surface area contributed by atoms with Crippen molar-refractivity contribution in [1.29, 1.82) is 0 Å². The van der Waals surface area contributed by atoms with Gasteiger partial charge in [0, 0.05) is 12.5 Å². The number of esters is 1. The van der Waals surface area contributed by atoms with Gasteiger partial charge in [0.05, 0.1) is 13.2 Å². The zero-order chi connectivity index (χ0) is 13.8. The van der Waals surface area contributed by atoms with Gasteiger partial charge in [0.1, 0.15) is 18.3 Å². The fraction of sp³-hybridized carbons (Fsp3) is 0.769. The van der Waals surface area contributed by atoms with E-state index in [-0.39, 0.29) is 30.9 Å². The summed E-state index contributed by atoms with van der Waals surface area (Å²) < 4.78 is 22.3. The fourth-order valence-corrected chi connectivity index (χ4v) is 2.80. The first-order valence-corrected chi connectivity index (χ1v) is 6.40. The molecule has 0 bridgehead atoms. The number of hydrogen-bond acceptors (Lipinski definition) is 6. The molecule has 3 aliphatic rings. The minimum absolute atomic E-state index is 0.113. The van der Waals surface area contributed by atoms with E-state index in [0.29, 0.717) is 12.2 Å². The SMILES string of the molecule is CC(=O)O[C@@H]1C(CO)=C2COC(C)(C)O[C@@H]2[C@H]2O[C@H]21. The van der Waals surface area contributed by atoms with Crippen molar-refractivity contribution in [3.8, 4) is 0 Å². The third-order valence-corrected chi connectivity index (χ3v) is 3.71. The number of aliphatic hydroxyl groups excluding tert-OH is 1. The van der Waals surface area contributed by atoms with E-state index in [2.05, 4.69) is 0 Å². The number of carbonyl (C=O) groups is 1. The van der Waals surface area contributed by atoms with Crippen LogP contribution in [0.2, 0.25) is 0 Å². The summed E-state index contributed by atoms with van der Waals surface area (Å²) >= 11 is 0. The third-order valence-electron chi connectivity index (χ3n) is 3.71. The molecule has 6 heteroatoms. The van der Waals surface area contributed by atoms with Crippen molar-refractivity contribution in [2.45, 2.75) is 51.0 Å². The molecule has 4 atom stereocenters. The zero-order valence-corrected chi connectivity index (χ0v) is 11.2. The van der Waals surface area contributed by atoms with Gasteiger partial charge in [-0.25, -0.2) is 0 Å². The van der Waals surface area contributed by atoms with Gasteiger partial charge in [-0.3, -0.25) is 4.79 Å². The predicted octanol–water partition coefficient (Wildman–Crippen LogP) is 0.139. The van der Waals surface area contributed by atoms with Gasteiger partial charge in [-0.15, -0.1) is 0 Å². The highest BCUT2D eigenvalue weighted by Gasteiger charge is 2.60. The number of rotatable bonds is 2. The molecule has 0 spiro atoms. The molecule has 6 nitrogen and oxygen atoms in total. The Morgan fingerprint density at radius 2 is 2.21 bits per heavy atom. The molecule has 2 saturated heterocycles. The summed E-state index contributed by atoms with van der Waals surface area (Å²) in [4.78, 5) is 11.2. The first kappa shape index (κ1) is 13.1. The van der Waals surface area contributed by atoms with Gasteiger partial charge in [-0.2, -0.15) is 0 Å². The van der Waals surface area contributed by atoms with Gasteiger partial charge >= 0.3 is 5.97 Å². The second kappa shape index (κ2) is 4.28. The molecule has 0 aromatic rings. The van der Waals surface area contributed by atoms with E-state index in [1.807, 2.05) is 13.8 Å². The maximum Gasteiger partial charge on any atom is 0.303 e. The summed E-state index contributed by atoms with van der Waals surface area (Å²) in [6, 6.07) is 0. The van der Waals surface area contributed by atoms with Crippen molar-refractivity contribution in [3.63, 3.8) is 0 Å². The molecule has 0 unspecified atom stereocenters. The van der Waals surface area contributed by atoms with Gasteiger partial charge in [0.25, 0.3) is 0 Å². The Morgan fingerprint density at radius 3 is 2.84 bits per heavy atom. The van der Waals surface area contributed by atoms with E-state index in [9.17, 15) is 9.90 Å². The zero-order valence-electron chi connectivity index (χ0n) is 11.2. The van der Waals surface area contributed by atoms with Gasteiger partial charge < -0.3 is 24.1 Å². The van der Waals surface area contributed by atoms with E-state index in [4.69, 9.17) is 18.9 Å². The Labute approximate surface area is 111 Å². The van der Waals surface area contributed by atoms with Gasteiger partial charge in [-0.05, 0) is 19.4 Å². The molecule has 0 saturated carbocycles. The maximum absolute atomic E-state index is 11.2. The lowest BCUT2D eigenvalue weighted by Crippen LogP contribution is -2.49. The Bertz CT molecular complexity index is 440. The van der Waals surface area contributed by atoms with E-state index in [1.54, 1.807) is 0 Å². The van der Waals surface area contributed by atoms with Crippen LogP contribution >= 0.6 is 0 Å². The molecule has 2 aliphatic heterocycles. The van der Waals surface area contributed by atoms with Crippen molar-refractivity contribution < 1.29 is 28.8 Å². The number of epoxide rings is 1. The minimum atomic E-state index is -0.667. The smallest absolute Gasteiger partial charge is 0.303 e. The van der Waals surface area contributed by atoms with Crippen LogP contribution < -0.4 is 0 Å². The van der Waals surface area contributed by atoms with E-state index < -0.39 is 11.9 Å². The average molecular weight is 270 g/mol. The first-order valence-electron chi connectivity index (χ1n) is 6.40. The van der Waals surface area contributed by atoms with Crippen LogP contribution in [-0.2, 0) is 23.7 Å². The lowest BCUT2D eigenvalue weighted by molar-refractivity contribution is -0.256. The second-order valence-electron chi connectivity index (χ2n) is 5.53. The van der Waals surface area contributed by atoms with Crippen LogP contribution in [0.15, 0.2) is 11.1 Å². The van der Waals surface area contributed by atoms with E-state index in [1.165, 1.54) is 6.92 Å². The highest BCUT2D eigenvalue weighted by Crippen LogP contribution is 2.46. The van der Waals surface area contributed by atoms with Crippen molar-refractivity contribution in [1.82, 2.24) is 0 Å². The van der Waals surface area contributed by atoms with Crippen LogP contribution in [0.25, 0.3) is 0 Å². The molecule has 0 aromatic carbocycles. The Kier molecular flexibility index (Phi) is 2.94. The third kappa shape index (κ3) is 2.18. The number of aliphatic hydroxyl groups is 1. The maximum atomic E-state index is 11.2. The molecule has 1 aliphatic carbocycles. The van der Waals surface area contributed by atoms with Crippen LogP contribution in [0.5, 0.6) is 0 Å². The van der Waals surface area contributed by atoms with Crippen molar-refractivity contribution in [3.05, 3.63) is 11.1 Å². The van der Waals surface area contributed by atoms with Crippen molar-refractivity contribution in [2.75, 3.05) is 13.2 Å². The predicted molar refractivity (Wildman–Crippen MR) is 63.2 cm³/mol. The van der Waals surface area contributed by atoms with E-state index in [0.717, 1.165) is 5.57 Å². The standard InChI is InChI=1S/C13H18O6/c1-6(15)17-9-7(4-14)8-5-16-13(2,3)19-10(8)12-11(9)18-12/h9-12,14H,4-5H2,1-3H3/t9-,10+,11+,12-/m1/s1. The summed E-state index contributed by atoms with van der Waals surface area (Å²) in [5, 5.41) is 9.56. The molecule has 2 fully saturated rings. The van der Waals surface area contributed by atoms with Crippen LogP contribution in [-0.4, -0.2) is 54.5 Å². The first-order chi connectivity index (χ1) is 8.93. The van der Waals surface area contributed by atoms with Gasteiger partial charge in [0.15, 0.2) is 11.9 Å². The summed E-state index contributed by atoms with van der Waals surface area (Å²) in [5.74, 6) is -1.05. The molecule has 3 rings (SSSR count). The highest BCUT2D eigenvalue weighted by atomic mass is 16.7. The number of hydrogen-bond donors (Lipinski definition) is 1. The highest BCUT2D eigenvalue weighted by molar-refractivity contribution is 5.67. The minimum Gasteiger partial charge on any atom is -0.455 e. The van der Waals surface area contributed by atoms with Gasteiger partial charge in [-0.1, -0.05) is 0 Å². The molecule has 0 amide bonds.